The van der Waals surface area contributed by atoms with E-state index in [2.05, 4.69) is 79.3 Å². The van der Waals surface area contributed by atoms with Gasteiger partial charge in [0.2, 0.25) is 0 Å². The van der Waals surface area contributed by atoms with E-state index in [0.29, 0.717) is 43.7 Å². The van der Waals surface area contributed by atoms with Crippen molar-refractivity contribution in [3.63, 3.8) is 0 Å². The number of nitrogens with zero attached hydrogens (tertiary/aromatic N) is 5. The Hall–Kier alpha value is -2.56. The molecule has 4 aliphatic heterocycles. The molecule has 2 aromatic rings. The van der Waals surface area contributed by atoms with Crippen LogP contribution in [0.4, 0.5) is 24.8 Å². The number of thiol groups is 1. The van der Waals surface area contributed by atoms with E-state index >= 15 is 13.2 Å². The number of halogens is 3. The molecule has 0 amide bonds. The van der Waals surface area contributed by atoms with Crippen LogP contribution in [0.5, 0.6) is 0 Å². The Bertz CT molecular complexity index is 1480. The number of aromatic nitrogens is 2. The molecule has 6 nitrogen and oxygen atoms in total. The molecule has 2 saturated heterocycles. The van der Waals surface area contributed by atoms with Crippen molar-refractivity contribution in [2.75, 3.05) is 43.4 Å². The fourth-order valence-corrected chi connectivity index (χ4v) is 8.27. The summed E-state index contributed by atoms with van der Waals surface area (Å²) in [6.45, 7) is 18.3. The van der Waals surface area contributed by atoms with Crippen LogP contribution in [0.1, 0.15) is 103 Å². The van der Waals surface area contributed by atoms with E-state index in [1.807, 2.05) is 6.08 Å². The summed E-state index contributed by atoms with van der Waals surface area (Å²) in [5.41, 5.74) is 1.34. The van der Waals surface area contributed by atoms with Crippen molar-refractivity contribution >= 4 is 30.3 Å². The monoisotopic (exact) mass is 698 g/mol. The highest BCUT2D eigenvalue weighted by Gasteiger charge is 2.46. The number of likely N-dealkylation sites (tertiary alicyclic amines) is 1. The number of anilines is 2. The third-order valence-corrected chi connectivity index (χ3v) is 12.1. The van der Waals surface area contributed by atoms with Crippen molar-refractivity contribution in [3.8, 4) is 0 Å². The van der Waals surface area contributed by atoms with E-state index in [-0.39, 0.29) is 17.6 Å². The summed E-state index contributed by atoms with van der Waals surface area (Å²) in [4.78, 5) is 16.0. The number of nitrogens with one attached hydrogen (secondary N) is 1. The topological polar surface area (TPSA) is 47.5 Å². The molecular weight excluding hydrogens is 642 g/mol. The van der Waals surface area contributed by atoms with Crippen LogP contribution < -0.4 is 10.2 Å². The number of allylic oxidation sites excluding steroid dienone is 2. The van der Waals surface area contributed by atoms with Gasteiger partial charge in [-0.25, -0.2) is 23.1 Å². The summed E-state index contributed by atoms with van der Waals surface area (Å²) in [7, 11) is 2.07. The molecular formula is C39H57F3N6S. The lowest BCUT2D eigenvalue weighted by Crippen LogP contribution is -2.48. The highest BCUT2D eigenvalue weighted by molar-refractivity contribution is 7.81. The number of fused-ring (bicyclic) bond motifs is 9. The molecule has 2 fully saturated rings. The first-order valence-corrected chi connectivity index (χ1v) is 18.6. The summed E-state index contributed by atoms with van der Waals surface area (Å²) in [6.07, 6.45) is 12.0. The van der Waals surface area contributed by atoms with Gasteiger partial charge in [-0.3, -0.25) is 4.90 Å². The second-order valence-corrected chi connectivity index (χ2v) is 16.5. The van der Waals surface area contributed by atoms with Crippen molar-refractivity contribution in [1.82, 2.24) is 19.8 Å². The number of hydrogen-bond acceptors (Lipinski definition) is 7. The van der Waals surface area contributed by atoms with Crippen LogP contribution in [0.25, 0.3) is 6.08 Å². The maximum absolute atomic E-state index is 16.0. The molecule has 5 heterocycles. The van der Waals surface area contributed by atoms with Gasteiger partial charge in [-0.05, 0) is 117 Å². The second kappa shape index (κ2) is 15.4. The highest BCUT2D eigenvalue weighted by Crippen LogP contribution is 2.45. The Morgan fingerprint density at radius 1 is 1.02 bits per heavy atom. The first-order valence-electron chi connectivity index (χ1n) is 18.2. The number of piperidine rings is 2. The summed E-state index contributed by atoms with van der Waals surface area (Å²) < 4.78 is 48.1. The van der Waals surface area contributed by atoms with Crippen molar-refractivity contribution in [3.05, 3.63) is 65.3 Å². The standard InChI is InChI=1S/C39H57F3N6S/c1-8-28(29-14-20-47(21-15-29)27(2)3)24-32-35-43-25-30-12-11-13-33(34(30)40)39(41,42)31-16-22-48(23-17-31)38(6,49)19-10-9-18-37(4,5)46(7)36(32)45-26-44-35/h8,11-13,24,26-27,29,31,49H,1,9-10,14-23,25H2,2-7H3,(H,43,44,45)/b28-24+. The summed E-state index contributed by atoms with van der Waals surface area (Å²) in [5, 5.41) is 3.33. The summed E-state index contributed by atoms with van der Waals surface area (Å²) in [5.74, 6) is -3.44. The smallest absolute Gasteiger partial charge is 0.278 e. The lowest BCUT2D eigenvalue weighted by atomic mass is 9.85. The molecule has 1 aromatic carbocycles. The molecule has 1 atom stereocenters. The number of alkyl halides is 2. The quantitative estimate of drug-likeness (QED) is 0.246. The molecule has 0 radical (unpaired) electrons. The molecule has 270 valence electrons. The molecule has 6 rings (SSSR count). The molecule has 1 unspecified atom stereocenters. The van der Waals surface area contributed by atoms with Crippen molar-refractivity contribution in [2.45, 2.75) is 115 Å². The van der Waals surface area contributed by atoms with Gasteiger partial charge in [0, 0.05) is 36.7 Å². The average molecular weight is 699 g/mol. The Kier molecular flexibility index (Phi) is 11.8. The fourth-order valence-electron chi connectivity index (χ4n) is 7.91. The van der Waals surface area contributed by atoms with Gasteiger partial charge in [-0.2, -0.15) is 12.6 Å². The summed E-state index contributed by atoms with van der Waals surface area (Å²) >= 11 is 5.03. The minimum atomic E-state index is -3.28. The SMILES string of the molecule is C=C/C(=C\c1c2ncnc1N(C)C(C)(C)CCCCC(C)(S)N1CCC(CC1)C(F)(F)c1cccc(c1F)CN2)C1CCN(C(C)C)CC1. The molecule has 1 aromatic heterocycles. The minimum Gasteiger partial charge on any atom is -0.365 e. The van der Waals surface area contributed by atoms with Gasteiger partial charge in [-0.1, -0.05) is 43.7 Å². The van der Waals surface area contributed by atoms with Crippen LogP contribution >= 0.6 is 12.6 Å². The zero-order valence-corrected chi connectivity index (χ0v) is 31.3. The Labute approximate surface area is 298 Å². The molecule has 0 aliphatic carbocycles. The lowest BCUT2D eigenvalue weighted by Gasteiger charge is -2.44. The third-order valence-electron chi connectivity index (χ3n) is 11.6. The van der Waals surface area contributed by atoms with Gasteiger partial charge >= 0.3 is 0 Å². The van der Waals surface area contributed by atoms with E-state index in [1.165, 1.54) is 18.5 Å². The summed E-state index contributed by atoms with van der Waals surface area (Å²) in [6, 6.07) is 4.87. The highest BCUT2D eigenvalue weighted by atomic mass is 32.1. The zero-order chi connectivity index (χ0) is 35.6. The fraction of sp³-hybridized carbons (Fsp3) is 0.641. The largest absolute Gasteiger partial charge is 0.365 e. The molecule has 4 aliphatic rings. The average Bonchev–Trinajstić information content (AvgIpc) is 3.08. The number of benzene rings is 1. The first kappa shape index (κ1) is 37.7. The van der Waals surface area contributed by atoms with Crippen LogP contribution in [-0.2, 0) is 12.5 Å². The van der Waals surface area contributed by atoms with E-state index in [0.717, 1.165) is 68.6 Å². The van der Waals surface area contributed by atoms with Crippen LogP contribution in [0.3, 0.4) is 0 Å². The maximum Gasteiger partial charge on any atom is 0.278 e. The van der Waals surface area contributed by atoms with Gasteiger partial charge < -0.3 is 15.1 Å². The van der Waals surface area contributed by atoms with Gasteiger partial charge in [0.1, 0.15) is 23.8 Å². The van der Waals surface area contributed by atoms with Crippen molar-refractivity contribution < 1.29 is 13.2 Å². The third kappa shape index (κ3) is 8.33. The molecule has 10 heteroatoms. The number of hydrogen-bond donors (Lipinski definition) is 2. The van der Waals surface area contributed by atoms with Crippen LogP contribution in [0.2, 0.25) is 0 Å². The Morgan fingerprint density at radius 3 is 2.35 bits per heavy atom. The van der Waals surface area contributed by atoms with E-state index in [1.54, 1.807) is 6.07 Å². The van der Waals surface area contributed by atoms with Crippen LogP contribution in [0.15, 0.2) is 42.8 Å². The van der Waals surface area contributed by atoms with Gasteiger partial charge in [0.15, 0.2) is 0 Å². The van der Waals surface area contributed by atoms with Crippen LogP contribution in [0, 0.1) is 17.7 Å². The van der Waals surface area contributed by atoms with Gasteiger partial charge in [0.25, 0.3) is 5.92 Å². The van der Waals surface area contributed by atoms with Gasteiger partial charge in [-0.15, -0.1) is 0 Å². The molecule has 0 spiro atoms. The lowest BCUT2D eigenvalue weighted by molar-refractivity contribution is -0.0920. The predicted octanol–water partition coefficient (Wildman–Crippen LogP) is 9.16. The predicted molar refractivity (Wildman–Crippen MR) is 200 cm³/mol. The van der Waals surface area contributed by atoms with Crippen LogP contribution in [-0.4, -0.2) is 69.4 Å². The van der Waals surface area contributed by atoms with E-state index in [4.69, 9.17) is 17.6 Å². The zero-order valence-electron chi connectivity index (χ0n) is 30.4. The molecule has 6 bridgehead atoms. The Balaban J connectivity index is 1.55. The molecule has 1 N–H and O–H groups in total. The molecule has 0 saturated carbocycles. The van der Waals surface area contributed by atoms with E-state index in [9.17, 15) is 0 Å². The first-order chi connectivity index (χ1) is 23.2. The molecule has 49 heavy (non-hydrogen) atoms. The number of rotatable bonds is 4. The Morgan fingerprint density at radius 2 is 1.69 bits per heavy atom. The van der Waals surface area contributed by atoms with E-state index < -0.39 is 28.1 Å². The minimum absolute atomic E-state index is 0.00675. The normalized spacial score (nSPS) is 27.5. The van der Waals surface area contributed by atoms with Crippen molar-refractivity contribution in [2.24, 2.45) is 11.8 Å². The van der Waals surface area contributed by atoms with Crippen molar-refractivity contribution in [1.29, 1.82) is 0 Å². The maximum atomic E-state index is 16.0. The van der Waals surface area contributed by atoms with Gasteiger partial charge in [0.05, 0.1) is 16.0 Å². The second-order valence-electron chi connectivity index (χ2n) is 15.5.